The molecule has 154 valence electrons. The van der Waals surface area contributed by atoms with Gasteiger partial charge in [-0.1, -0.05) is 6.07 Å². The van der Waals surface area contributed by atoms with E-state index in [0.29, 0.717) is 43.0 Å². The molecule has 0 spiro atoms. The molecule has 1 fully saturated rings. The second-order valence-corrected chi connectivity index (χ2v) is 7.77. The number of likely N-dealkylation sites (tertiary alicyclic amines) is 1. The Morgan fingerprint density at radius 2 is 1.69 bits per heavy atom. The molecule has 29 heavy (non-hydrogen) atoms. The Morgan fingerprint density at radius 1 is 1.03 bits per heavy atom. The van der Waals surface area contributed by atoms with E-state index >= 15 is 0 Å². The van der Waals surface area contributed by atoms with Crippen molar-refractivity contribution in [3.8, 4) is 11.5 Å². The maximum Gasteiger partial charge on any atom is 0.254 e. The molecule has 0 saturated carbocycles. The minimum Gasteiger partial charge on any atom is -0.497 e. The molecular weight excluding hydrogens is 388 g/mol. The molecule has 0 atom stereocenters. The second-order valence-electron chi connectivity index (χ2n) is 6.89. The number of nitrogens with one attached hydrogen (secondary N) is 1. The van der Waals surface area contributed by atoms with Crippen LogP contribution >= 0.6 is 11.8 Å². The molecule has 0 unspecified atom stereocenters. The van der Waals surface area contributed by atoms with Crippen molar-refractivity contribution in [3.05, 3.63) is 48.0 Å². The zero-order chi connectivity index (χ0) is 20.8. The Morgan fingerprint density at radius 3 is 2.28 bits per heavy atom. The number of anilines is 1. The van der Waals surface area contributed by atoms with E-state index in [1.54, 1.807) is 49.1 Å². The molecule has 1 aliphatic heterocycles. The molecule has 2 aromatic carbocycles. The van der Waals surface area contributed by atoms with Crippen molar-refractivity contribution in [2.45, 2.75) is 17.7 Å². The Bertz CT molecular complexity index is 857. The zero-order valence-electron chi connectivity index (χ0n) is 16.9. The van der Waals surface area contributed by atoms with Crippen molar-refractivity contribution >= 4 is 29.3 Å². The fraction of sp³-hybridized carbons (Fsp3) is 0.364. The molecular formula is C22H26N2O4S. The number of amides is 2. The highest BCUT2D eigenvalue weighted by Crippen LogP contribution is 2.26. The highest BCUT2D eigenvalue weighted by molar-refractivity contribution is 7.98. The molecule has 0 bridgehead atoms. The van der Waals surface area contributed by atoms with Crippen molar-refractivity contribution < 1.29 is 19.1 Å². The Labute approximate surface area is 175 Å². The van der Waals surface area contributed by atoms with Gasteiger partial charge in [0.1, 0.15) is 11.5 Å². The average molecular weight is 415 g/mol. The first-order valence-electron chi connectivity index (χ1n) is 9.51. The molecule has 2 amide bonds. The maximum absolute atomic E-state index is 12.9. The summed E-state index contributed by atoms with van der Waals surface area (Å²) in [5, 5.41) is 3.00. The summed E-state index contributed by atoms with van der Waals surface area (Å²) in [5.41, 5.74) is 1.34. The van der Waals surface area contributed by atoms with E-state index in [-0.39, 0.29) is 17.7 Å². The minimum atomic E-state index is -0.100. The smallest absolute Gasteiger partial charge is 0.254 e. The lowest BCUT2D eigenvalue weighted by Crippen LogP contribution is -2.41. The molecule has 0 aliphatic carbocycles. The van der Waals surface area contributed by atoms with Crippen LogP contribution < -0.4 is 14.8 Å². The lowest BCUT2D eigenvalue weighted by molar-refractivity contribution is -0.121. The number of ether oxygens (including phenoxy) is 2. The molecule has 1 aliphatic rings. The van der Waals surface area contributed by atoms with Crippen LogP contribution in [0, 0.1) is 5.92 Å². The van der Waals surface area contributed by atoms with Gasteiger partial charge in [0.15, 0.2) is 0 Å². The molecule has 3 rings (SSSR count). The minimum absolute atomic E-state index is 0.0124. The Kier molecular flexibility index (Phi) is 7.04. The number of thioether (sulfide) groups is 1. The van der Waals surface area contributed by atoms with Gasteiger partial charge in [-0.25, -0.2) is 0 Å². The first-order valence-corrected chi connectivity index (χ1v) is 10.7. The number of piperidine rings is 1. The number of hydrogen-bond donors (Lipinski definition) is 1. The Hall–Kier alpha value is -2.67. The Balaban J connectivity index is 1.59. The average Bonchev–Trinajstić information content (AvgIpc) is 2.78. The van der Waals surface area contributed by atoms with Gasteiger partial charge in [-0.2, -0.15) is 0 Å². The van der Waals surface area contributed by atoms with Crippen LogP contribution in [0.3, 0.4) is 0 Å². The summed E-state index contributed by atoms with van der Waals surface area (Å²) in [6.45, 7) is 1.09. The number of rotatable bonds is 6. The van der Waals surface area contributed by atoms with Crippen molar-refractivity contribution in [1.82, 2.24) is 4.90 Å². The quantitative estimate of drug-likeness (QED) is 0.726. The topological polar surface area (TPSA) is 67.9 Å². The zero-order valence-corrected chi connectivity index (χ0v) is 17.8. The van der Waals surface area contributed by atoms with Crippen molar-refractivity contribution in [2.75, 3.05) is 38.9 Å². The SMILES string of the molecule is COc1cc(OC)cc(C(=O)N2CCC(C(=O)Nc3cccc(SC)c3)CC2)c1. The second kappa shape index (κ2) is 9.69. The summed E-state index contributed by atoms with van der Waals surface area (Å²) < 4.78 is 10.5. The third-order valence-electron chi connectivity index (χ3n) is 5.09. The van der Waals surface area contributed by atoms with Gasteiger partial charge in [0.2, 0.25) is 5.91 Å². The third kappa shape index (κ3) is 5.23. The van der Waals surface area contributed by atoms with E-state index in [1.165, 1.54) is 0 Å². The number of carbonyl (C=O) groups excluding carboxylic acids is 2. The van der Waals surface area contributed by atoms with Gasteiger partial charge in [0, 0.05) is 41.2 Å². The highest BCUT2D eigenvalue weighted by atomic mass is 32.2. The fourth-order valence-electron chi connectivity index (χ4n) is 3.40. The lowest BCUT2D eigenvalue weighted by Gasteiger charge is -2.31. The molecule has 6 nitrogen and oxygen atoms in total. The van der Waals surface area contributed by atoms with E-state index in [1.807, 2.05) is 30.5 Å². The van der Waals surface area contributed by atoms with Crippen LogP contribution in [0.4, 0.5) is 5.69 Å². The summed E-state index contributed by atoms with van der Waals surface area (Å²) in [7, 11) is 3.12. The van der Waals surface area contributed by atoms with Crippen LogP contribution in [0.15, 0.2) is 47.4 Å². The summed E-state index contributed by atoms with van der Waals surface area (Å²) in [5.74, 6) is 0.993. The van der Waals surface area contributed by atoms with Crippen molar-refractivity contribution in [1.29, 1.82) is 0 Å². The predicted molar refractivity (Wildman–Crippen MR) is 115 cm³/mol. The number of nitrogens with zero attached hydrogens (tertiary/aromatic N) is 1. The number of carbonyl (C=O) groups is 2. The van der Waals surface area contributed by atoms with E-state index in [4.69, 9.17) is 9.47 Å². The van der Waals surface area contributed by atoms with Gasteiger partial charge >= 0.3 is 0 Å². The number of methoxy groups -OCH3 is 2. The monoisotopic (exact) mass is 414 g/mol. The number of hydrogen-bond acceptors (Lipinski definition) is 5. The van der Waals surface area contributed by atoms with Crippen LogP contribution in [0.25, 0.3) is 0 Å². The summed E-state index contributed by atoms with van der Waals surface area (Å²) in [6.07, 6.45) is 3.29. The van der Waals surface area contributed by atoms with Gasteiger partial charge in [-0.3, -0.25) is 9.59 Å². The summed E-state index contributed by atoms with van der Waals surface area (Å²) in [6, 6.07) is 13.0. The van der Waals surface area contributed by atoms with E-state index in [2.05, 4.69) is 5.32 Å². The lowest BCUT2D eigenvalue weighted by atomic mass is 9.95. The third-order valence-corrected chi connectivity index (χ3v) is 5.81. The van der Waals surface area contributed by atoms with Gasteiger partial charge in [0.05, 0.1) is 14.2 Å². The van der Waals surface area contributed by atoms with E-state index < -0.39 is 0 Å². The molecule has 2 aromatic rings. The van der Waals surface area contributed by atoms with Crippen molar-refractivity contribution in [2.24, 2.45) is 5.92 Å². The van der Waals surface area contributed by atoms with E-state index in [9.17, 15) is 9.59 Å². The standard InChI is InChI=1S/C22H26N2O4S/c1-27-18-11-16(12-19(14-18)28-2)22(26)24-9-7-15(8-10-24)21(25)23-17-5-4-6-20(13-17)29-3/h4-6,11-15H,7-10H2,1-3H3,(H,23,25). The molecule has 1 heterocycles. The first kappa shape index (κ1) is 21.0. The van der Waals surface area contributed by atoms with Gasteiger partial charge in [-0.15, -0.1) is 11.8 Å². The van der Waals surface area contributed by atoms with Gasteiger partial charge < -0.3 is 19.7 Å². The van der Waals surface area contributed by atoms with Gasteiger partial charge in [0.25, 0.3) is 5.91 Å². The molecule has 7 heteroatoms. The summed E-state index contributed by atoms with van der Waals surface area (Å²) in [4.78, 5) is 28.4. The molecule has 0 radical (unpaired) electrons. The van der Waals surface area contributed by atoms with Crippen LogP contribution in [-0.4, -0.2) is 50.3 Å². The normalized spacial score (nSPS) is 14.4. The fourth-order valence-corrected chi connectivity index (χ4v) is 3.86. The molecule has 1 N–H and O–H groups in total. The predicted octanol–water partition coefficient (Wildman–Crippen LogP) is 3.92. The summed E-state index contributed by atoms with van der Waals surface area (Å²) >= 11 is 1.64. The highest BCUT2D eigenvalue weighted by Gasteiger charge is 2.28. The van der Waals surface area contributed by atoms with Crippen molar-refractivity contribution in [3.63, 3.8) is 0 Å². The molecule has 1 saturated heterocycles. The molecule has 0 aromatic heterocycles. The van der Waals surface area contributed by atoms with Crippen LogP contribution in [0.2, 0.25) is 0 Å². The maximum atomic E-state index is 12.9. The van der Waals surface area contributed by atoms with Crippen LogP contribution in [0.1, 0.15) is 23.2 Å². The number of benzene rings is 2. The van der Waals surface area contributed by atoms with Crippen LogP contribution in [0.5, 0.6) is 11.5 Å². The van der Waals surface area contributed by atoms with E-state index in [0.717, 1.165) is 10.6 Å². The van der Waals surface area contributed by atoms with Crippen LogP contribution in [-0.2, 0) is 4.79 Å². The first-order chi connectivity index (χ1) is 14.0. The van der Waals surface area contributed by atoms with Gasteiger partial charge in [-0.05, 0) is 49.4 Å². The largest absolute Gasteiger partial charge is 0.497 e.